The second-order valence-electron chi connectivity index (χ2n) is 6.38. The summed E-state index contributed by atoms with van der Waals surface area (Å²) >= 11 is 0. The van der Waals surface area contributed by atoms with Crippen molar-refractivity contribution in [2.24, 2.45) is 0 Å². The third kappa shape index (κ3) is 2.61. The van der Waals surface area contributed by atoms with Gasteiger partial charge in [0.15, 0.2) is 0 Å². The van der Waals surface area contributed by atoms with E-state index < -0.39 is 0 Å². The van der Waals surface area contributed by atoms with E-state index in [1.807, 2.05) is 24.6 Å². The van der Waals surface area contributed by atoms with Crippen LogP contribution in [-0.4, -0.2) is 50.5 Å². The van der Waals surface area contributed by atoms with E-state index in [1.54, 1.807) is 6.20 Å². The molecular formula is C16H21N5O3. The van der Waals surface area contributed by atoms with Crippen LogP contribution in [0.4, 0.5) is 0 Å². The zero-order valence-corrected chi connectivity index (χ0v) is 13.9. The van der Waals surface area contributed by atoms with Crippen molar-refractivity contribution < 1.29 is 14.2 Å². The first-order valence-electron chi connectivity index (χ1n) is 8.24. The topological polar surface area (TPSA) is 76.6 Å². The number of fused-ring (bicyclic) bond motifs is 1. The van der Waals surface area contributed by atoms with Crippen LogP contribution >= 0.6 is 0 Å². The highest BCUT2D eigenvalue weighted by Crippen LogP contribution is 2.26. The Morgan fingerprint density at radius 2 is 2.29 bits per heavy atom. The molecule has 8 nitrogen and oxygen atoms in total. The van der Waals surface area contributed by atoms with Crippen LogP contribution in [0.3, 0.4) is 0 Å². The molecular weight excluding hydrogens is 310 g/mol. The van der Waals surface area contributed by atoms with Gasteiger partial charge < -0.3 is 4.52 Å². The summed E-state index contributed by atoms with van der Waals surface area (Å²) in [7, 11) is 0. The molecule has 128 valence electrons. The number of amides is 1. The fraction of sp³-hybridized carbons (Fsp3) is 0.562. The van der Waals surface area contributed by atoms with E-state index in [1.165, 1.54) is 5.06 Å². The normalized spacial score (nSPS) is 21.2. The highest BCUT2D eigenvalue weighted by molar-refractivity contribution is 5.80. The van der Waals surface area contributed by atoms with Crippen molar-refractivity contribution in [3.63, 3.8) is 0 Å². The number of aryl methyl sites for hydroxylation is 2. The molecule has 2 aromatic heterocycles. The summed E-state index contributed by atoms with van der Waals surface area (Å²) in [4.78, 5) is 20.5. The first-order valence-corrected chi connectivity index (χ1v) is 8.24. The second-order valence-corrected chi connectivity index (χ2v) is 6.38. The molecule has 0 spiro atoms. The maximum absolute atomic E-state index is 12.8. The molecule has 0 aromatic carbocycles. The van der Waals surface area contributed by atoms with Gasteiger partial charge in [0.1, 0.15) is 11.8 Å². The Kier molecular flexibility index (Phi) is 3.85. The van der Waals surface area contributed by atoms with E-state index in [0.29, 0.717) is 26.2 Å². The molecule has 1 atom stereocenters. The number of hydrogen-bond acceptors (Lipinski definition) is 6. The molecule has 4 rings (SSSR count). The van der Waals surface area contributed by atoms with Gasteiger partial charge in [-0.3, -0.25) is 19.2 Å². The van der Waals surface area contributed by atoms with Crippen molar-refractivity contribution in [1.29, 1.82) is 0 Å². The molecule has 0 N–H and O–H groups in total. The quantitative estimate of drug-likeness (QED) is 0.841. The summed E-state index contributed by atoms with van der Waals surface area (Å²) in [6.07, 6.45) is 2.63. The van der Waals surface area contributed by atoms with E-state index in [2.05, 4.69) is 15.2 Å². The Morgan fingerprint density at radius 3 is 3.00 bits per heavy atom. The number of rotatable bonds is 3. The largest absolute Gasteiger partial charge is 0.361 e. The lowest BCUT2D eigenvalue weighted by Crippen LogP contribution is -2.45. The molecule has 0 aliphatic carbocycles. The Balaban J connectivity index is 1.57. The SMILES string of the molecule is Cc1noc(C)c1CN1Cc2ccnn2C(C(=O)N2CCCO2)C1. The van der Waals surface area contributed by atoms with Crippen molar-refractivity contribution in [1.82, 2.24) is 24.9 Å². The fourth-order valence-electron chi connectivity index (χ4n) is 3.40. The number of carbonyl (C=O) groups excluding carboxylic acids is 1. The van der Waals surface area contributed by atoms with Crippen molar-refractivity contribution in [3.8, 4) is 0 Å². The number of hydrogen-bond donors (Lipinski definition) is 0. The summed E-state index contributed by atoms with van der Waals surface area (Å²) in [6, 6.07) is 1.60. The lowest BCUT2D eigenvalue weighted by molar-refractivity contribution is -0.174. The van der Waals surface area contributed by atoms with E-state index >= 15 is 0 Å². The molecule has 24 heavy (non-hydrogen) atoms. The highest BCUT2D eigenvalue weighted by Gasteiger charge is 2.35. The van der Waals surface area contributed by atoms with Gasteiger partial charge in [-0.25, -0.2) is 5.06 Å². The molecule has 1 saturated heterocycles. The zero-order valence-electron chi connectivity index (χ0n) is 13.9. The summed E-state index contributed by atoms with van der Waals surface area (Å²) in [5.41, 5.74) is 3.02. The van der Waals surface area contributed by atoms with Crippen LogP contribution < -0.4 is 0 Å². The minimum atomic E-state index is -0.359. The summed E-state index contributed by atoms with van der Waals surface area (Å²) < 4.78 is 7.08. The smallest absolute Gasteiger partial charge is 0.272 e. The molecule has 8 heteroatoms. The molecule has 2 aromatic rings. The van der Waals surface area contributed by atoms with E-state index in [9.17, 15) is 4.79 Å². The number of hydroxylamine groups is 2. The predicted molar refractivity (Wildman–Crippen MR) is 83.6 cm³/mol. The Morgan fingerprint density at radius 1 is 1.42 bits per heavy atom. The molecule has 0 bridgehead atoms. The van der Waals surface area contributed by atoms with Gasteiger partial charge in [-0.15, -0.1) is 0 Å². The van der Waals surface area contributed by atoms with E-state index in [0.717, 1.165) is 35.7 Å². The standard InChI is InChI=1S/C16H21N5O3/c1-11-14(12(2)24-18-11)9-19-8-13-4-5-17-21(13)15(10-19)16(22)20-6-3-7-23-20/h4-5,15H,3,6-10H2,1-2H3. The first-order chi connectivity index (χ1) is 11.6. The lowest BCUT2D eigenvalue weighted by atomic mass is 10.1. The molecule has 2 aliphatic heterocycles. The molecule has 2 aliphatic rings. The third-order valence-electron chi connectivity index (χ3n) is 4.71. The van der Waals surface area contributed by atoms with Crippen molar-refractivity contribution in [2.75, 3.05) is 19.7 Å². The van der Waals surface area contributed by atoms with Crippen LogP contribution in [-0.2, 0) is 22.7 Å². The van der Waals surface area contributed by atoms with Crippen molar-refractivity contribution in [3.05, 3.63) is 35.0 Å². The van der Waals surface area contributed by atoms with Crippen LogP contribution in [0, 0.1) is 13.8 Å². The number of aromatic nitrogens is 3. The summed E-state index contributed by atoms with van der Waals surface area (Å²) in [5.74, 6) is 0.804. The zero-order chi connectivity index (χ0) is 16.7. The minimum absolute atomic E-state index is 0.0269. The maximum Gasteiger partial charge on any atom is 0.272 e. The molecule has 1 unspecified atom stereocenters. The molecule has 0 saturated carbocycles. The Labute approximate surface area is 139 Å². The number of nitrogens with zero attached hydrogens (tertiary/aromatic N) is 5. The highest BCUT2D eigenvalue weighted by atomic mass is 16.7. The molecule has 1 fully saturated rings. The van der Waals surface area contributed by atoms with E-state index in [-0.39, 0.29) is 11.9 Å². The predicted octanol–water partition coefficient (Wildman–Crippen LogP) is 1.21. The van der Waals surface area contributed by atoms with Crippen LogP contribution in [0.25, 0.3) is 0 Å². The lowest BCUT2D eigenvalue weighted by Gasteiger charge is -2.34. The molecule has 0 radical (unpaired) electrons. The fourth-order valence-corrected chi connectivity index (χ4v) is 3.40. The Hall–Kier alpha value is -2.19. The van der Waals surface area contributed by atoms with Gasteiger partial charge in [0.2, 0.25) is 0 Å². The van der Waals surface area contributed by atoms with Gasteiger partial charge in [0.05, 0.1) is 24.5 Å². The molecule has 1 amide bonds. The second kappa shape index (κ2) is 6.03. The van der Waals surface area contributed by atoms with Crippen LogP contribution in [0.2, 0.25) is 0 Å². The van der Waals surface area contributed by atoms with Gasteiger partial charge >= 0.3 is 0 Å². The average molecular weight is 331 g/mol. The summed E-state index contributed by atoms with van der Waals surface area (Å²) in [5, 5.41) is 9.85. The van der Waals surface area contributed by atoms with E-state index in [4.69, 9.17) is 9.36 Å². The van der Waals surface area contributed by atoms with Crippen LogP contribution in [0.15, 0.2) is 16.8 Å². The maximum atomic E-state index is 12.8. The Bertz CT molecular complexity index is 727. The van der Waals surface area contributed by atoms with Gasteiger partial charge in [-0.05, 0) is 26.3 Å². The number of carbonyl (C=O) groups is 1. The van der Waals surface area contributed by atoms with Crippen LogP contribution in [0.5, 0.6) is 0 Å². The van der Waals surface area contributed by atoms with Crippen molar-refractivity contribution in [2.45, 2.75) is 39.4 Å². The molecule has 4 heterocycles. The van der Waals surface area contributed by atoms with Crippen LogP contribution in [0.1, 0.15) is 35.2 Å². The van der Waals surface area contributed by atoms with Gasteiger partial charge in [0.25, 0.3) is 5.91 Å². The summed E-state index contributed by atoms with van der Waals surface area (Å²) in [6.45, 7) is 7.16. The van der Waals surface area contributed by atoms with Crippen molar-refractivity contribution >= 4 is 5.91 Å². The van der Waals surface area contributed by atoms with Gasteiger partial charge in [0, 0.05) is 31.4 Å². The third-order valence-corrected chi connectivity index (χ3v) is 4.71. The first kappa shape index (κ1) is 15.3. The monoisotopic (exact) mass is 331 g/mol. The average Bonchev–Trinajstić information content (AvgIpc) is 3.31. The van der Waals surface area contributed by atoms with Gasteiger partial charge in [-0.1, -0.05) is 5.16 Å². The minimum Gasteiger partial charge on any atom is -0.361 e. The van der Waals surface area contributed by atoms with Gasteiger partial charge in [-0.2, -0.15) is 5.10 Å².